The zero-order valence-corrected chi connectivity index (χ0v) is 8.97. The number of hydrogen-bond acceptors (Lipinski definition) is 2. The van der Waals surface area contributed by atoms with E-state index < -0.39 is 0 Å². The Morgan fingerprint density at radius 1 is 1.27 bits per heavy atom. The van der Waals surface area contributed by atoms with Crippen molar-refractivity contribution in [2.45, 2.75) is 37.8 Å². The SMILES string of the molecule is NC(CCc1ccccc1)C(O)C1CC1. The fraction of sp³-hybridized carbons (Fsp3) is 0.538. The maximum atomic E-state index is 9.81. The van der Waals surface area contributed by atoms with Crippen LogP contribution in [-0.4, -0.2) is 17.3 Å². The van der Waals surface area contributed by atoms with Gasteiger partial charge in [0.25, 0.3) is 0 Å². The van der Waals surface area contributed by atoms with Gasteiger partial charge in [-0.3, -0.25) is 0 Å². The van der Waals surface area contributed by atoms with Crippen LogP contribution in [0.2, 0.25) is 0 Å². The van der Waals surface area contributed by atoms with Crippen molar-refractivity contribution in [1.82, 2.24) is 0 Å². The summed E-state index contributed by atoms with van der Waals surface area (Å²) in [6, 6.07) is 10.3. The van der Waals surface area contributed by atoms with Gasteiger partial charge in [-0.15, -0.1) is 0 Å². The highest BCUT2D eigenvalue weighted by atomic mass is 16.3. The number of aryl methyl sites for hydroxylation is 1. The van der Waals surface area contributed by atoms with Crippen LogP contribution >= 0.6 is 0 Å². The van der Waals surface area contributed by atoms with E-state index in [9.17, 15) is 5.11 Å². The third-order valence-electron chi connectivity index (χ3n) is 3.15. The van der Waals surface area contributed by atoms with Crippen LogP contribution in [-0.2, 0) is 6.42 Å². The van der Waals surface area contributed by atoms with Crippen LogP contribution in [0.25, 0.3) is 0 Å². The summed E-state index contributed by atoms with van der Waals surface area (Å²) in [5, 5.41) is 9.81. The Labute approximate surface area is 91.1 Å². The average Bonchev–Trinajstić information content (AvgIpc) is 3.10. The number of benzene rings is 1. The van der Waals surface area contributed by atoms with Crippen LogP contribution in [0.5, 0.6) is 0 Å². The Morgan fingerprint density at radius 3 is 2.53 bits per heavy atom. The largest absolute Gasteiger partial charge is 0.391 e. The maximum Gasteiger partial charge on any atom is 0.0719 e. The first kappa shape index (κ1) is 10.7. The van der Waals surface area contributed by atoms with Crippen molar-refractivity contribution in [3.8, 4) is 0 Å². The van der Waals surface area contributed by atoms with Gasteiger partial charge in [0.05, 0.1) is 6.10 Å². The maximum absolute atomic E-state index is 9.81. The van der Waals surface area contributed by atoms with Crippen molar-refractivity contribution in [3.63, 3.8) is 0 Å². The van der Waals surface area contributed by atoms with Gasteiger partial charge >= 0.3 is 0 Å². The molecule has 15 heavy (non-hydrogen) atoms. The molecular formula is C13H19NO. The molecule has 2 atom stereocenters. The lowest BCUT2D eigenvalue weighted by Crippen LogP contribution is -2.36. The van der Waals surface area contributed by atoms with Gasteiger partial charge in [0.15, 0.2) is 0 Å². The predicted molar refractivity (Wildman–Crippen MR) is 61.5 cm³/mol. The summed E-state index contributed by atoms with van der Waals surface area (Å²) in [7, 11) is 0. The molecule has 1 aromatic carbocycles. The summed E-state index contributed by atoms with van der Waals surface area (Å²) < 4.78 is 0. The number of aliphatic hydroxyl groups is 1. The van der Waals surface area contributed by atoms with E-state index >= 15 is 0 Å². The summed E-state index contributed by atoms with van der Waals surface area (Å²) in [4.78, 5) is 0. The van der Waals surface area contributed by atoms with Crippen LogP contribution in [0, 0.1) is 5.92 Å². The number of hydrogen-bond donors (Lipinski definition) is 2. The van der Waals surface area contributed by atoms with Gasteiger partial charge in [0.1, 0.15) is 0 Å². The molecule has 3 N–H and O–H groups in total. The smallest absolute Gasteiger partial charge is 0.0719 e. The van der Waals surface area contributed by atoms with Gasteiger partial charge in [-0.25, -0.2) is 0 Å². The second-order valence-corrected chi connectivity index (χ2v) is 4.52. The number of nitrogens with two attached hydrogens (primary N) is 1. The second kappa shape index (κ2) is 4.77. The van der Waals surface area contributed by atoms with E-state index in [2.05, 4.69) is 12.1 Å². The van der Waals surface area contributed by atoms with E-state index in [0.717, 1.165) is 25.7 Å². The first-order valence-corrected chi connectivity index (χ1v) is 5.75. The quantitative estimate of drug-likeness (QED) is 0.768. The minimum Gasteiger partial charge on any atom is -0.391 e. The molecule has 2 nitrogen and oxygen atoms in total. The lowest BCUT2D eigenvalue weighted by atomic mass is 9.99. The van der Waals surface area contributed by atoms with Crippen molar-refractivity contribution in [1.29, 1.82) is 0 Å². The molecule has 0 radical (unpaired) electrons. The predicted octanol–water partition coefficient (Wildman–Crippen LogP) is 1.72. The normalized spacial score (nSPS) is 19.9. The molecule has 0 heterocycles. The van der Waals surface area contributed by atoms with Gasteiger partial charge in [0, 0.05) is 6.04 Å². The molecule has 82 valence electrons. The van der Waals surface area contributed by atoms with Crippen LogP contribution in [0.4, 0.5) is 0 Å². The molecule has 1 saturated carbocycles. The van der Waals surface area contributed by atoms with E-state index in [1.54, 1.807) is 0 Å². The molecule has 0 aromatic heterocycles. The standard InChI is InChI=1S/C13H19NO/c14-12(13(15)11-7-8-11)9-6-10-4-2-1-3-5-10/h1-5,11-13,15H,6-9,14H2. The van der Waals surface area contributed by atoms with E-state index in [1.807, 2.05) is 18.2 Å². The third-order valence-corrected chi connectivity index (χ3v) is 3.15. The van der Waals surface area contributed by atoms with Gasteiger partial charge in [-0.05, 0) is 37.2 Å². The molecule has 2 heteroatoms. The summed E-state index contributed by atoms with van der Waals surface area (Å²) in [5.41, 5.74) is 7.26. The van der Waals surface area contributed by atoms with E-state index in [1.165, 1.54) is 5.56 Å². The second-order valence-electron chi connectivity index (χ2n) is 4.52. The molecule has 2 rings (SSSR count). The van der Waals surface area contributed by atoms with Gasteiger partial charge in [-0.2, -0.15) is 0 Å². The summed E-state index contributed by atoms with van der Waals surface area (Å²) in [6.45, 7) is 0. The lowest BCUT2D eigenvalue weighted by Gasteiger charge is -2.18. The van der Waals surface area contributed by atoms with Gasteiger partial charge < -0.3 is 10.8 Å². The molecular weight excluding hydrogens is 186 g/mol. The molecule has 0 spiro atoms. The molecule has 1 fully saturated rings. The first-order chi connectivity index (χ1) is 7.27. The lowest BCUT2D eigenvalue weighted by molar-refractivity contribution is 0.118. The number of rotatable bonds is 5. The molecule has 0 amide bonds. The Morgan fingerprint density at radius 2 is 1.93 bits per heavy atom. The molecule has 0 aliphatic heterocycles. The molecule has 0 bridgehead atoms. The van der Waals surface area contributed by atoms with Crippen molar-refractivity contribution < 1.29 is 5.11 Å². The minimum atomic E-state index is -0.284. The minimum absolute atomic E-state index is 0.0577. The van der Waals surface area contributed by atoms with Crippen LogP contribution in [0.1, 0.15) is 24.8 Å². The Kier molecular flexibility index (Phi) is 3.39. The Balaban J connectivity index is 1.77. The van der Waals surface area contributed by atoms with E-state index in [-0.39, 0.29) is 12.1 Å². The highest BCUT2D eigenvalue weighted by Gasteiger charge is 2.33. The molecule has 1 aliphatic carbocycles. The molecule has 1 aliphatic rings. The number of aliphatic hydroxyl groups excluding tert-OH is 1. The Hall–Kier alpha value is -0.860. The van der Waals surface area contributed by atoms with Crippen molar-refractivity contribution in [3.05, 3.63) is 35.9 Å². The van der Waals surface area contributed by atoms with Crippen molar-refractivity contribution in [2.75, 3.05) is 0 Å². The average molecular weight is 205 g/mol. The van der Waals surface area contributed by atoms with E-state index in [0.29, 0.717) is 5.92 Å². The molecule has 1 aromatic rings. The topological polar surface area (TPSA) is 46.2 Å². The monoisotopic (exact) mass is 205 g/mol. The van der Waals surface area contributed by atoms with E-state index in [4.69, 9.17) is 5.73 Å². The zero-order chi connectivity index (χ0) is 10.7. The third kappa shape index (κ3) is 3.05. The Bertz CT molecular complexity index is 295. The summed E-state index contributed by atoms with van der Waals surface area (Å²) in [6.07, 6.45) is 3.86. The van der Waals surface area contributed by atoms with Crippen molar-refractivity contribution >= 4 is 0 Å². The summed E-state index contributed by atoms with van der Waals surface area (Å²) in [5.74, 6) is 0.482. The molecule has 0 saturated heterocycles. The first-order valence-electron chi connectivity index (χ1n) is 5.75. The highest BCUT2D eigenvalue weighted by Crippen LogP contribution is 2.34. The van der Waals surface area contributed by atoms with Gasteiger partial charge in [-0.1, -0.05) is 30.3 Å². The highest BCUT2D eigenvalue weighted by molar-refractivity contribution is 5.14. The zero-order valence-electron chi connectivity index (χ0n) is 8.97. The molecule has 2 unspecified atom stereocenters. The van der Waals surface area contributed by atoms with Gasteiger partial charge in [0.2, 0.25) is 0 Å². The fourth-order valence-electron chi connectivity index (χ4n) is 1.94. The van der Waals surface area contributed by atoms with Crippen LogP contribution in [0.3, 0.4) is 0 Å². The fourth-order valence-corrected chi connectivity index (χ4v) is 1.94. The van der Waals surface area contributed by atoms with Crippen LogP contribution < -0.4 is 5.73 Å². The summed E-state index contributed by atoms with van der Waals surface area (Å²) >= 11 is 0. The van der Waals surface area contributed by atoms with Crippen molar-refractivity contribution in [2.24, 2.45) is 11.7 Å². The van der Waals surface area contributed by atoms with Crippen LogP contribution in [0.15, 0.2) is 30.3 Å².